The molecule has 0 aliphatic heterocycles. The third-order valence-electron chi connectivity index (χ3n) is 3.95. The van der Waals surface area contributed by atoms with Crippen molar-refractivity contribution in [2.24, 2.45) is 0 Å². The number of hydrogen-bond acceptors (Lipinski definition) is 4. The van der Waals surface area contributed by atoms with Crippen molar-refractivity contribution < 1.29 is 12.8 Å². The largest absolute Gasteiger partial charge is 0.464 e. The van der Waals surface area contributed by atoms with Crippen molar-refractivity contribution in [3.63, 3.8) is 0 Å². The lowest BCUT2D eigenvalue weighted by Gasteiger charge is -2.25. The molecule has 5 nitrogen and oxygen atoms in total. The van der Waals surface area contributed by atoms with E-state index in [0.29, 0.717) is 30.7 Å². The van der Waals surface area contributed by atoms with Gasteiger partial charge in [-0.3, -0.25) is 0 Å². The maximum Gasteiger partial charge on any atom is 0.247 e. The lowest BCUT2D eigenvalue weighted by molar-refractivity contribution is 0.347. The van der Waals surface area contributed by atoms with Gasteiger partial charge in [0.05, 0.1) is 6.54 Å². The summed E-state index contributed by atoms with van der Waals surface area (Å²) in [5.41, 5.74) is 0.961. The van der Waals surface area contributed by atoms with Gasteiger partial charge in [-0.2, -0.15) is 4.31 Å². The van der Waals surface area contributed by atoms with Gasteiger partial charge in [0, 0.05) is 24.7 Å². The van der Waals surface area contributed by atoms with E-state index in [0.717, 1.165) is 5.56 Å². The zero-order valence-corrected chi connectivity index (χ0v) is 16.4. The van der Waals surface area contributed by atoms with Crippen LogP contribution in [0.1, 0.15) is 44.8 Å². The van der Waals surface area contributed by atoms with E-state index in [1.807, 2.05) is 58.0 Å². The van der Waals surface area contributed by atoms with Crippen LogP contribution in [0.3, 0.4) is 0 Å². The van der Waals surface area contributed by atoms with Gasteiger partial charge in [-0.05, 0) is 26.3 Å². The van der Waals surface area contributed by atoms with Crippen molar-refractivity contribution in [1.82, 2.24) is 9.62 Å². The SMILES string of the molecule is Cc1oc(CNC(C)C)cc1S(=O)(=O)N(Cc1ccccc1)C(C)C. The van der Waals surface area contributed by atoms with Crippen molar-refractivity contribution in [1.29, 1.82) is 0 Å². The Labute approximate surface area is 151 Å². The van der Waals surface area contributed by atoms with E-state index in [1.54, 1.807) is 13.0 Å². The number of sulfonamides is 1. The molecule has 0 spiro atoms. The number of nitrogens with zero attached hydrogens (tertiary/aromatic N) is 1. The van der Waals surface area contributed by atoms with Crippen molar-refractivity contribution in [2.45, 2.75) is 64.7 Å². The summed E-state index contributed by atoms with van der Waals surface area (Å²) in [5.74, 6) is 1.06. The molecule has 0 saturated carbocycles. The molecule has 0 unspecified atom stereocenters. The van der Waals surface area contributed by atoms with Crippen LogP contribution in [0.5, 0.6) is 0 Å². The third-order valence-corrected chi connectivity index (χ3v) is 6.08. The second-order valence-electron chi connectivity index (χ2n) is 6.80. The molecule has 1 aromatic heterocycles. The summed E-state index contributed by atoms with van der Waals surface area (Å²) in [6, 6.07) is 11.4. The minimum absolute atomic E-state index is 0.156. The average molecular weight is 365 g/mol. The fourth-order valence-corrected chi connectivity index (χ4v) is 4.42. The van der Waals surface area contributed by atoms with E-state index in [2.05, 4.69) is 5.32 Å². The van der Waals surface area contributed by atoms with E-state index >= 15 is 0 Å². The molecular weight excluding hydrogens is 336 g/mol. The van der Waals surface area contributed by atoms with Crippen molar-refractivity contribution in [2.75, 3.05) is 0 Å². The molecule has 0 amide bonds. The van der Waals surface area contributed by atoms with Gasteiger partial charge in [-0.1, -0.05) is 44.2 Å². The minimum Gasteiger partial charge on any atom is -0.464 e. The molecule has 2 rings (SSSR count). The normalized spacial score (nSPS) is 12.5. The predicted molar refractivity (Wildman–Crippen MR) is 99.7 cm³/mol. The number of hydrogen-bond donors (Lipinski definition) is 1. The van der Waals surface area contributed by atoms with Gasteiger partial charge in [0.2, 0.25) is 10.0 Å². The maximum absolute atomic E-state index is 13.2. The molecule has 0 aliphatic rings. The van der Waals surface area contributed by atoms with Crippen molar-refractivity contribution in [3.05, 3.63) is 53.5 Å². The standard InChI is InChI=1S/C19H28N2O3S/c1-14(2)20-12-18-11-19(16(5)24-18)25(22,23)21(15(3)4)13-17-9-7-6-8-10-17/h6-11,14-15,20H,12-13H2,1-5H3. The average Bonchev–Trinajstić information content (AvgIpc) is 2.93. The summed E-state index contributed by atoms with van der Waals surface area (Å²) < 4.78 is 33.6. The molecule has 1 N–H and O–H groups in total. The van der Waals surface area contributed by atoms with Crippen LogP contribution >= 0.6 is 0 Å². The molecule has 0 bridgehead atoms. The molecule has 0 saturated heterocycles. The molecule has 0 aliphatic carbocycles. The number of aryl methyl sites for hydroxylation is 1. The number of furan rings is 1. The first-order valence-corrected chi connectivity index (χ1v) is 10.0. The van der Waals surface area contributed by atoms with Crippen molar-refractivity contribution >= 4 is 10.0 Å². The summed E-state index contributed by atoms with van der Waals surface area (Å²) >= 11 is 0. The summed E-state index contributed by atoms with van der Waals surface area (Å²) in [7, 11) is -3.64. The van der Waals surface area contributed by atoms with Crippen LogP contribution in [0.2, 0.25) is 0 Å². The highest BCUT2D eigenvalue weighted by atomic mass is 32.2. The van der Waals surface area contributed by atoms with E-state index in [4.69, 9.17) is 4.42 Å². The first-order chi connectivity index (χ1) is 11.7. The van der Waals surface area contributed by atoms with Crippen LogP contribution in [0.15, 0.2) is 45.7 Å². The first-order valence-electron chi connectivity index (χ1n) is 8.60. The number of rotatable bonds is 8. The van der Waals surface area contributed by atoms with Gasteiger partial charge in [0.15, 0.2) is 0 Å². The van der Waals surface area contributed by atoms with Crippen LogP contribution in [0, 0.1) is 6.92 Å². The Balaban J connectivity index is 2.31. The highest BCUT2D eigenvalue weighted by Crippen LogP contribution is 2.26. The van der Waals surface area contributed by atoms with Crippen LogP contribution in [0.4, 0.5) is 0 Å². The Hall–Kier alpha value is -1.63. The second-order valence-corrected chi connectivity index (χ2v) is 8.66. The molecule has 6 heteroatoms. The molecule has 138 valence electrons. The Morgan fingerprint density at radius 2 is 1.76 bits per heavy atom. The van der Waals surface area contributed by atoms with Crippen molar-refractivity contribution in [3.8, 4) is 0 Å². The van der Waals surface area contributed by atoms with E-state index in [9.17, 15) is 8.42 Å². The molecule has 0 fully saturated rings. The fourth-order valence-electron chi connectivity index (χ4n) is 2.61. The topological polar surface area (TPSA) is 62.6 Å². The van der Waals surface area contributed by atoms with Crippen LogP contribution in [-0.4, -0.2) is 24.8 Å². The third kappa shape index (κ3) is 4.93. The minimum atomic E-state index is -3.64. The summed E-state index contributed by atoms with van der Waals surface area (Å²) in [4.78, 5) is 0.248. The van der Waals surface area contributed by atoms with Crippen LogP contribution < -0.4 is 5.32 Å². The lowest BCUT2D eigenvalue weighted by atomic mass is 10.2. The molecule has 1 aromatic carbocycles. The van der Waals surface area contributed by atoms with Crippen LogP contribution in [0.25, 0.3) is 0 Å². The van der Waals surface area contributed by atoms with Gasteiger partial charge >= 0.3 is 0 Å². The summed E-state index contributed by atoms with van der Waals surface area (Å²) in [6.07, 6.45) is 0. The highest BCUT2D eigenvalue weighted by Gasteiger charge is 2.30. The highest BCUT2D eigenvalue weighted by molar-refractivity contribution is 7.89. The lowest BCUT2D eigenvalue weighted by Crippen LogP contribution is -2.36. The van der Waals surface area contributed by atoms with Gasteiger partial charge in [0.25, 0.3) is 0 Å². The Morgan fingerprint density at radius 3 is 2.32 bits per heavy atom. The molecule has 2 aromatic rings. The van der Waals surface area contributed by atoms with E-state index < -0.39 is 10.0 Å². The number of benzene rings is 1. The molecule has 0 atom stereocenters. The smallest absolute Gasteiger partial charge is 0.247 e. The predicted octanol–water partition coefficient (Wildman–Crippen LogP) is 3.69. The summed E-state index contributed by atoms with van der Waals surface area (Å²) in [5, 5.41) is 3.24. The Bertz CT molecular complexity index is 780. The van der Waals surface area contributed by atoms with Gasteiger partial charge in [-0.15, -0.1) is 0 Å². The number of nitrogens with one attached hydrogen (secondary N) is 1. The van der Waals surface area contributed by atoms with E-state index in [1.165, 1.54) is 4.31 Å². The quantitative estimate of drug-likeness (QED) is 0.776. The molecule has 1 heterocycles. The molecule has 25 heavy (non-hydrogen) atoms. The zero-order valence-electron chi connectivity index (χ0n) is 15.6. The Morgan fingerprint density at radius 1 is 1.12 bits per heavy atom. The van der Waals surface area contributed by atoms with Gasteiger partial charge in [0.1, 0.15) is 16.4 Å². The zero-order chi connectivity index (χ0) is 18.6. The van der Waals surface area contributed by atoms with Gasteiger partial charge < -0.3 is 9.73 Å². The Kier molecular flexibility index (Phi) is 6.43. The summed E-state index contributed by atoms with van der Waals surface area (Å²) in [6.45, 7) is 10.4. The molecular formula is C19H28N2O3S. The monoisotopic (exact) mass is 364 g/mol. The maximum atomic E-state index is 13.2. The second kappa shape index (κ2) is 8.17. The van der Waals surface area contributed by atoms with E-state index in [-0.39, 0.29) is 10.9 Å². The molecule has 0 radical (unpaired) electrons. The fraction of sp³-hybridized carbons (Fsp3) is 0.474. The van der Waals surface area contributed by atoms with Crippen LogP contribution in [-0.2, 0) is 23.1 Å². The van der Waals surface area contributed by atoms with Gasteiger partial charge in [-0.25, -0.2) is 8.42 Å². The first kappa shape index (κ1) is 19.7.